The van der Waals surface area contributed by atoms with E-state index in [9.17, 15) is 0 Å². The van der Waals surface area contributed by atoms with E-state index in [1.54, 1.807) is 0 Å². The predicted octanol–water partition coefficient (Wildman–Crippen LogP) is 1.73. The van der Waals surface area contributed by atoms with E-state index in [4.69, 9.17) is 5.73 Å². The highest BCUT2D eigenvalue weighted by Crippen LogP contribution is 2.15. The smallest absolute Gasteiger partial charge is 0.0992 e. The average Bonchev–Trinajstić information content (AvgIpc) is 1.98. The first kappa shape index (κ1) is 13.4. The van der Waals surface area contributed by atoms with Crippen molar-refractivity contribution >= 4 is 5.84 Å². The molecule has 0 heterocycles. The van der Waals surface area contributed by atoms with Gasteiger partial charge in [-0.25, -0.2) is 0 Å². The summed E-state index contributed by atoms with van der Waals surface area (Å²) >= 11 is 0. The van der Waals surface area contributed by atoms with Crippen molar-refractivity contribution in [2.45, 2.75) is 40.2 Å². The van der Waals surface area contributed by atoms with E-state index in [1.807, 2.05) is 0 Å². The molecule has 0 radical (unpaired) electrons. The van der Waals surface area contributed by atoms with Crippen LogP contribution in [-0.2, 0) is 0 Å². The van der Waals surface area contributed by atoms with Gasteiger partial charge in [0.25, 0.3) is 0 Å². The highest BCUT2D eigenvalue weighted by molar-refractivity contribution is 5.85. The molecule has 14 heavy (non-hydrogen) atoms. The molecule has 0 aromatic carbocycles. The van der Waals surface area contributed by atoms with Crippen molar-refractivity contribution in [1.29, 1.82) is 0 Å². The molecule has 3 heteroatoms. The summed E-state index contributed by atoms with van der Waals surface area (Å²) in [7, 11) is 4.12. The van der Waals surface area contributed by atoms with Crippen LogP contribution in [0.2, 0.25) is 0 Å². The number of rotatable bonds is 3. The van der Waals surface area contributed by atoms with Crippen LogP contribution in [0.1, 0.15) is 34.6 Å². The first-order chi connectivity index (χ1) is 6.07. The lowest BCUT2D eigenvalue weighted by atomic mass is 9.95. The van der Waals surface area contributed by atoms with E-state index in [0.717, 1.165) is 12.4 Å². The summed E-state index contributed by atoms with van der Waals surface area (Å²) < 4.78 is 0. The maximum atomic E-state index is 5.89. The lowest BCUT2D eigenvalue weighted by Gasteiger charge is -2.31. The molecule has 0 unspecified atom stereocenters. The van der Waals surface area contributed by atoms with Gasteiger partial charge in [-0.3, -0.25) is 4.99 Å². The number of amidine groups is 1. The van der Waals surface area contributed by atoms with Gasteiger partial charge in [0.15, 0.2) is 0 Å². The van der Waals surface area contributed by atoms with Crippen LogP contribution in [0.5, 0.6) is 0 Å². The van der Waals surface area contributed by atoms with E-state index in [-0.39, 0.29) is 11.0 Å². The molecule has 0 bridgehead atoms. The van der Waals surface area contributed by atoms with Gasteiger partial charge in [-0.05, 0) is 27.9 Å². The first-order valence-electron chi connectivity index (χ1n) is 5.05. The molecule has 0 aromatic heterocycles. The van der Waals surface area contributed by atoms with Crippen molar-refractivity contribution in [3.63, 3.8) is 0 Å². The third kappa shape index (κ3) is 4.09. The Morgan fingerprint density at radius 3 is 1.86 bits per heavy atom. The highest BCUT2D eigenvalue weighted by atomic mass is 15.2. The Hall–Kier alpha value is -0.570. The Bertz CT molecular complexity index is 209. The zero-order chi connectivity index (χ0) is 11.6. The molecular weight excluding hydrogens is 174 g/mol. The highest BCUT2D eigenvalue weighted by Gasteiger charge is 2.21. The van der Waals surface area contributed by atoms with Gasteiger partial charge in [-0.15, -0.1) is 0 Å². The lowest BCUT2D eigenvalue weighted by Crippen LogP contribution is -2.42. The SMILES string of the molecule is CN(C)C(C)(C)CN=C(N)C(C)(C)C. The molecule has 2 N–H and O–H groups in total. The maximum Gasteiger partial charge on any atom is 0.0992 e. The van der Waals surface area contributed by atoms with Crippen LogP contribution in [0.3, 0.4) is 0 Å². The second-order valence-electron chi connectivity index (χ2n) is 5.66. The molecule has 0 fully saturated rings. The summed E-state index contributed by atoms with van der Waals surface area (Å²) in [6, 6.07) is 0. The largest absolute Gasteiger partial charge is 0.387 e. The Morgan fingerprint density at radius 2 is 1.57 bits per heavy atom. The quantitative estimate of drug-likeness (QED) is 0.555. The summed E-state index contributed by atoms with van der Waals surface area (Å²) in [5.74, 6) is 0.729. The third-order valence-electron chi connectivity index (χ3n) is 2.62. The molecule has 0 saturated carbocycles. The van der Waals surface area contributed by atoms with Crippen LogP contribution >= 0.6 is 0 Å². The molecule has 0 spiro atoms. The van der Waals surface area contributed by atoms with Gasteiger partial charge >= 0.3 is 0 Å². The maximum absolute atomic E-state index is 5.89. The molecule has 0 amide bonds. The van der Waals surface area contributed by atoms with Gasteiger partial charge in [0.1, 0.15) is 0 Å². The second-order valence-corrected chi connectivity index (χ2v) is 5.66. The molecule has 0 aromatic rings. The minimum Gasteiger partial charge on any atom is -0.387 e. The van der Waals surface area contributed by atoms with Crippen LogP contribution in [0.25, 0.3) is 0 Å². The standard InChI is InChI=1S/C11H25N3/c1-10(2,3)9(12)13-8-11(4,5)14(6)7/h8H2,1-7H3,(H2,12,13). The number of nitrogens with zero attached hydrogens (tertiary/aromatic N) is 2. The van der Waals surface area contributed by atoms with E-state index in [2.05, 4.69) is 58.6 Å². The Morgan fingerprint density at radius 1 is 1.14 bits per heavy atom. The summed E-state index contributed by atoms with van der Waals surface area (Å²) in [5.41, 5.74) is 5.93. The molecule has 3 nitrogen and oxygen atoms in total. The van der Waals surface area contributed by atoms with Crippen molar-refractivity contribution in [1.82, 2.24) is 4.90 Å². The number of nitrogens with two attached hydrogens (primary N) is 1. The zero-order valence-corrected chi connectivity index (χ0v) is 10.7. The summed E-state index contributed by atoms with van der Waals surface area (Å²) in [5, 5.41) is 0. The van der Waals surface area contributed by atoms with E-state index in [1.165, 1.54) is 0 Å². The van der Waals surface area contributed by atoms with Crippen LogP contribution in [0.4, 0.5) is 0 Å². The third-order valence-corrected chi connectivity index (χ3v) is 2.62. The van der Waals surface area contributed by atoms with E-state index < -0.39 is 0 Å². The van der Waals surface area contributed by atoms with Crippen LogP contribution in [-0.4, -0.2) is 36.9 Å². The van der Waals surface area contributed by atoms with Crippen molar-refractivity contribution in [3.05, 3.63) is 0 Å². The van der Waals surface area contributed by atoms with Crippen molar-refractivity contribution in [2.75, 3.05) is 20.6 Å². The molecule has 0 rings (SSSR count). The minimum atomic E-state index is -0.0254. The van der Waals surface area contributed by atoms with Gasteiger partial charge in [0, 0.05) is 11.0 Å². The lowest BCUT2D eigenvalue weighted by molar-refractivity contribution is 0.204. The molecule has 0 saturated heterocycles. The Balaban J connectivity index is 4.44. The Labute approximate surface area is 88.4 Å². The molecule has 0 aliphatic heterocycles. The number of likely N-dealkylation sites (N-methyl/N-ethyl adjacent to an activating group) is 1. The van der Waals surface area contributed by atoms with Gasteiger partial charge < -0.3 is 10.6 Å². The first-order valence-corrected chi connectivity index (χ1v) is 5.05. The van der Waals surface area contributed by atoms with Crippen LogP contribution in [0.15, 0.2) is 4.99 Å². The van der Waals surface area contributed by atoms with E-state index >= 15 is 0 Å². The summed E-state index contributed by atoms with van der Waals surface area (Å²) in [4.78, 5) is 6.60. The molecule has 0 aliphatic rings. The second kappa shape index (κ2) is 4.30. The summed E-state index contributed by atoms with van der Waals surface area (Å²) in [6.07, 6.45) is 0. The topological polar surface area (TPSA) is 41.6 Å². The van der Waals surface area contributed by atoms with Crippen molar-refractivity contribution in [2.24, 2.45) is 16.1 Å². The molecule has 84 valence electrons. The van der Waals surface area contributed by atoms with Crippen molar-refractivity contribution in [3.8, 4) is 0 Å². The van der Waals surface area contributed by atoms with Crippen molar-refractivity contribution < 1.29 is 0 Å². The normalized spacial score (nSPS) is 15.0. The van der Waals surface area contributed by atoms with Gasteiger partial charge in [-0.1, -0.05) is 20.8 Å². The van der Waals surface area contributed by atoms with E-state index in [0.29, 0.717) is 0 Å². The predicted molar refractivity (Wildman–Crippen MR) is 63.7 cm³/mol. The zero-order valence-electron chi connectivity index (χ0n) is 10.7. The fourth-order valence-electron chi connectivity index (χ4n) is 0.657. The molecular formula is C11H25N3. The minimum absolute atomic E-state index is 0.0254. The monoisotopic (exact) mass is 199 g/mol. The van der Waals surface area contributed by atoms with Gasteiger partial charge in [0.05, 0.1) is 12.4 Å². The van der Waals surface area contributed by atoms with Crippen LogP contribution in [0, 0.1) is 5.41 Å². The van der Waals surface area contributed by atoms with Gasteiger partial charge in [-0.2, -0.15) is 0 Å². The fourth-order valence-corrected chi connectivity index (χ4v) is 0.657. The average molecular weight is 199 g/mol. The number of aliphatic imine (C=N–C) groups is 1. The van der Waals surface area contributed by atoms with Crippen LogP contribution < -0.4 is 5.73 Å². The number of hydrogen-bond donors (Lipinski definition) is 1. The van der Waals surface area contributed by atoms with Gasteiger partial charge in [0.2, 0.25) is 0 Å². The molecule has 0 aliphatic carbocycles. The number of hydrogen-bond acceptors (Lipinski definition) is 2. The Kier molecular flexibility index (Phi) is 4.13. The summed E-state index contributed by atoms with van der Waals surface area (Å²) in [6.45, 7) is 11.3. The molecule has 0 atom stereocenters. The fraction of sp³-hybridized carbons (Fsp3) is 0.909.